The molecule has 2 N–H and O–H groups in total. The van der Waals surface area contributed by atoms with Crippen molar-refractivity contribution in [3.63, 3.8) is 0 Å². The number of hydrogen-bond donors (Lipinski definition) is 2. The summed E-state index contributed by atoms with van der Waals surface area (Å²) in [5.74, 6) is -4.01. The van der Waals surface area contributed by atoms with Crippen molar-refractivity contribution >= 4 is 11.9 Å². The molecule has 0 unspecified atom stereocenters. The van der Waals surface area contributed by atoms with Crippen molar-refractivity contribution in [3.05, 3.63) is 0 Å². The standard InChI is InChI=1S/C3H9N.C2H2O4/c1-4(2)3;3-1(4)2(5)6/h1-3H3;(H,3,4)(H,5,6). The average Bonchev–Trinajstić information content (AvgIpc) is 1.63. The topological polar surface area (TPSA) is 81.9 Å². The van der Waals surface area contributed by atoms with E-state index in [1.54, 1.807) is 0 Å². The molecule has 0 aromatic carbocycles. The van der Waals surface area contributed by atoms with Gasteiger partial charge in [-0.05, 0) is 0 Å². The number of carboxylic acid groups (broad SMARTS) is 2. The fourth-order valence-electron chi connectivity index (χ4n) is 0. The molecule has 60 valence electrons. The lowest BCUT2D eigenvalue weighted by Crippen LogP contribution is -3.02. The number of carboxylic acids is 2. The zero-order chi connectivity index (χ0) is 8.73. The highest BCUT2D eigenvalue weighted by Gasteiger charge is 1.90. The molecule has 0 aromatic rings. The summed E-state index contributed by atoms with van der Waals surface area (Å²) in [6.45, 7) is 0. The van der Waals surface area contributed by atoms with Gasteiger partial charge in [0.05, 0.1) is 21.1 Å². The Hall–Kier alpha value is -1.10. The van der Waals surface area contributed by atoms with E-state index in [1.165, 1.54) is 4.90 Å². The highest BCUT2D eigenvalue weighted by atomic mass is 16.4. The smallest absolute Gasteiger partial charge is 0.351 e. The monoisotopic (exact) mass is 149 g/mol. The van der Waals surface area contributed by atoms with E-state index >= 15 is 0 Å². The lowest BCUT2D eigenvalue weighted by molar-refractivity contribution is -0.836. The van der Waals surface area contributed by atoms with Crippen LogP contribution >= 0.6 is 0 Å². The molecule has 0 bridgehead atoms. The summed E-state index contributed by atoms with van der Waals surface area (Å²) in [5, 5.41) is 16.3. The Kier molecular flexibility index (Phi) is 7.03. The van der Waals surface area contributed by atoms with Crippen LogP contribution in [0.15, 0.2) is 0 Å². The van der Waals surface area contributed by atoms with E-state index in [9.17, 15) is 0 Å². The van der Waals surface area contributed by atoms with Crippen LogP contribution in [0.25, 0.3) is 0 Å². The van der Waals surface area contributed by atoms with Gasteiger partial charge in [-0.1, -0.05) is 0 Å². The molecule has 0 spiro atoms. The third kappa shape index (κ3) is 28.6. The molecule has 0 aliphatic heterocycles. The van der Waals surface area contributed by atoms with E-state index in [4.69, 9.17) is 19.8 Å². The summed E-state index contributed by atoms with van der Waals surface area (Å²) < 4.78 is 0. The second-order valence-electron chi connectivity index (χ2n) is 2.09. The number of carbonyl (C=O) groups excluding carboxylic acids is 1. The molecule has 0 saturated carbocycles. The molecule has 0 aliphatic carbocycles. The first-order valence-electron chi connectivity index (χ1n) is 2.59. The van der Waals surface area contributed by atoms with E-state index < -0.39 is 11.9 Å². The summed E-state index contributed by atoms with van der Waals surface area (Å²) in [7, 11) is 6.25. The molecule has 0 heterocycles. The van der Waals surface area contributed by atoms with Crippen LogP contribution in [-0.4, -0.2) is 38.2 Å². The Bertz CT molecular complexity index is 106. The minimum absolute atomic E-state index is 1.42. The van der Waals surface area contributed by atoms with Gasteiger partial charge in [-0.2, -0.15) is 0 Å². The Morgan fingerprint density at radius 3 is 1.40 bits per heavy atom. The molecular formula is C5H11NO4. The third-order valence-corrected chi connectivity index (χ3v) is 0.175. The van der Waals surface area contributed by atoms with Gasteiger partial charge in [-0.15, -0.1) is 0 Å². The van der Waals surface area contributed by atoms with E-state index in [2.05, 4.69) is 21.1 Å². The zero-order valence-corrected chi connectivity index (χ0v) is 6.17. The molecular weight excluding hydrogens is 138 g/mol. The Morgan fingerprint density at radius 1 is 1.30 bits per heavy atom. The molecule has 0 amide bonds. The van der Waals surface area contributed by atoms with Gasteiger partial charge in [0.2, 0.25) is 0 Å². The molecule has 0 fully saturated rings. The Morgan fingerprint density at radius 2 is 1.40 bits per heavy atom. The van der Waals surface area contributed by atoms with Crippen LogP contribution in [0.5, 0.6) is 0 Å². The SMILES string of the molecule is C[NH+](C)C.O=C([O-])C(=O)O. The summed E-state index contributed by atoms with van der Waals surface area (Å²) in [4.78, 5) is 19.4. The van der Waals surface area contributed by atoms with Crippen LogP contribution in [0.2, 0.25) is 0 Å². The number of nitrogens with one attached hydrogen (secondary N) is 1. The van der Waals surface area contributed by atoms with E-state index in [1.807, 2.05) is 0 Å². The highest BCUT2D eigenvalue weighted by Crippen LogP contribution is 1.49. The van der Waals surface area contributed by atoms with Gasteiger partial charge in [0, 0.05) is 0 Å². The predicted octanol–water partition coefficient (Wildman–Crippen LogP) is -3.42. The molecule has 5 nitrogen and oxygen atoms in total. The second-order valence-corrected chi connectivity index (χ2v) is 2.09. The highest BCUT2D eigenvalue weighted by molar-refractivity contribution is 6.26. The van der Waals surface area contributed by atoms with Crippen LogP contribution in [0, 0.1) is 0 Å². The van der Waals surface area contributed by atoms with Crippen LogP contribution in [0.1, 0.15) is 0 Å². The first-order chi connectivity index (χ1) is 4.37. The summed E-state index contributed by atoms with van der Waals surface area (Å²) in [5.41, 5.74) is 0. The number of aliphatic carboxylic acids is 2. The predicted molar refractivity (Wildman–Crippen MR) is 31.4 cm³/mol. The average molecular weight is 149 g/mol. The molecule has 5 heteroatoms. The van der Waals surface area contributed by atoms with Crippen molar-refractivity contribution in [2.24, 2.45) is 0 Å². The van der Waals surface area contributed by atoms with Crippen LogP contribution in [0.3, 0.4) is 0 Å². The van der Waals surface area contributed by atoms with Crippen molar-refractivity contribution in [1.82, 2.24) is 0 Å². The number of quaternary nitrogens is 1. The first-order valence-corrected chi connectivity index (χ1v) is 2.59. The molecule has 10 heavy (non-hydrogen) atoms. The Balaban J connectivity index is 0. The number of carbonyl (C=O) groups is 2. The quantitative estimate of drug-likeness (QED) is 0.351. The summed E-state index contributed by atoms with van der Waals surface area (Å²) in [6.07, 6.45) is 0. The van der Waals surface area contributed by atoms with Crippen LogP contribution in [-0.2, 0) is 9.59 Å². The zero-order valence-electron chi connectivity index (χ0n) is 6.17. The maximum absolute atomic E-state index is 9.04. The molecule has 0 aliphatic rings. The van der Waals surface area contributed by atoms with E-state index in [0.29, 0.717) is 0 Å². The van der Waals surface area contributed by atoms with Gasteiger partial charge in [0.1, 0.15) is 0 Å². The lowest BCUT2D eigenvalue weighted by Gasteiger charge is -1.88. The van der Waals surface area contributed by atoms with Gasteiger partial charge in [-0.25, -0.2) is 4.79 Å². The maximum atomic E-state index is 9.04. The molecule has 0 aromatic heterocycles. The minimum Gasteiger partial charge on any atom is -0.539 e. The summed E-state index contributed by atoms with van der Waals surface area (Å²) >= 11 is 0. The third-order valence-electron chi connectivity index (χ3n) is 0.175. The van der Waals surface area contributed by atoms with Gasteiger partial charge in [0.25, 0.3) is 0 Å². The maximum Gasteiger partial charge on any atom is 0.351 e. The fourth-order valence-corrected chi connectivity index (χ4v) is 0. The van der Waals surface area contributed by atoms with Gasteiger partial charge in [-0.3, -0.25) is 0 Å². The van der Waals surface area contributed by atoms with Gasteiger partial charge < -0.3 is 19.9 Å². The minimum atomic E-state index is -2.07. The Labute approximate surface area is 58.9 Å². The largest absolute Gasteiger partial charge is 0.539 e. The lowest BCUT2D eigenvalue weighted by atomic mass is 10.7. The fraction of sp³-hybridized carbons (Fsp3) is 0.600. The van der Waals surface area contributed by atoms with Crippen molar-refractivity contribution in [2.75, 3.05) is 21.1 Å². The van der Waals surface area contributed by atoms with Crippen molar-refractivity contribution in [3.8, 4) is 0 Å². The normalized spacial score (nSPS) is 8.00. The van der Waals surface area contributed by atoms with Crippen LogP contribution < -0.4 is 10.0 Å². The van der Waals surface area contributed by atoms with Crippen molar-refractivity contribution < 1.29 is 24.7 Å². The number of rotatable bonds is 0. The van der Waals surface area contributed by atoms with E-state index in [-0.39, 0.29) is 0 Å². The molecule has 0 saturated heterocycles. The number of hydrogen-bond acceptors (Lipinski definition) is 3. The molecule has 0 radical (unpaired) electrons. The van der Waals surface area contributed by atoms with Crippen molar-refractivity contribution in [1.29, 1.82) is 0 Å². The van der Waals surface area contributed by atoms with Crippen molar-refractivity contribution in [2.45, 2.75) is 0 Å². The second kappa shape index (κ2) is 6.03. The van der Waals surface area contributed by atoms with Gasteiger partial charge in [0.15, 0.2) is 5.97 Å². The van der Waals surface area contributed by atoms with Gasteiger partial charge >= 0.3 is 5.97 Å². The molecule has 0 rings (SSSR count). The molecule has 0 atom stereocenters. The van der Waals surface area contributed by atoms with E-state index in [0.717, 1.165) is 0 Å². The summed E-state index contributed by atoms with van der Waals surface area (Å²) in [6, 6.07) is 0. The van der Waals surface area contributed by atoms with Crippen LogP contribution in [0.4, 0.5) is 0 Å². The first kappa shape index (κ1) is 11.7.